The highest BCUT2D eigenvalue weighted by Gasteiger charge is 2.49. The summed E-state index contributed by atoms with van der Waals surface area (Å²) in [5, 5.41) is 3.27. The number of fused-ring (bicyclic) bond motifs is 1. The molecule has 0 spiro atoms. The van der Waals surface area contributed by atoms with E-state index in [-0.39, 0.29) is 5.78 Å². The molecular weight excluding hydrogens is 322 g/mol. The molecule has 2 fully saturated rings. The Bertz CT molecular complexity index is 552. The van der Waals surface area contributed by atoms with E-state index in [9.17, 15) is 4.79 Å². The molecule has 2 saturated heterocycles. The molecule has 2 heterocycles. The van der Waals surface area contributed by atoms with Gasteiger partial charge in [-0.15, -0.1) is 0 Å². The first kappa shape index (κ1) is 18.5. The molecule has 1 N–H and O–H groups in total. The molecule has 1 aromatic carbocycles. The molecule has 0 aromatic heterocycles. The molecule has 0 bridgehead atoms. The largest absolute Gasteiger partial charge is 0.354 e. The Morgan fingerprint density at radius 2 is 2.00 bits per heavy atom. The van der Waals surface area contributed by atoms with E-state index in [0.717, 1.165) is 31.4 Å². The van der Waals surface area contributed by atoms with Crippen molar-refractivity contribution >= 4 is 5.78 Å². The number of hydrogen-bond acceptors (Lipinski definition) is 6. The lowest BCUT2D eigenvalue weighted by atomic mass is 9.97. The first-order valence-electron chi connectivity index (χ1n) is 9.02. The summed E-state index contributed by atoms with van der Waals surface area (Å²) in [5.41, 5.74) is 0.898. The van der Waals surface area contributed by atoms with Gasteiger partial charge in [-0.3, -0.25) is 4.79 Å². The maximum absolute atomic E-state index is 13.0. The van der Waals surface area contributed by atoms with E-state index in [1.54, 1.807) is 7.11 Å². The number of nitrogens with one attached hydrogen (secondary N) is 1. The molecule has 0 saturated carbocycles. The van der Waals surface area contributed by atoms with Crippen molar-refractivity contribution in [2.75, 3.05) is 20.3 Å². The van der Waals surface area contributed by atoms with Gasteiger partial charge in [-0.05, 0) is 13.0 Å². The molecule has 2 aliphatic heterocycles. The number of rotatable bonds is 7. The highest BCUT2D eigenvalue weighted by molar-refractivity contribution is 5.90. The van der Waals surface area contributed by atoms with Crippen LogP contribution in [0.5, 0.6) is 0 Å². The predicted octanol–water partition coefficient (Wildman–Crippen LogP) is 2.19. The third-order valence-electron chi connectivity index (χ3n) is 4.64. The number of benzene rings is 1. The summed E-state index contributed by atoms with van der Waals surface area (Å²) in [5.74, 6) is -0.0242. The second kappa shape index (κ2) is 8.87. The number of ketones is 1. The molecule has 25 heavy (non-hydrogen) atoms. The third kappa shape index (κ3) is 4.27. The molecule has 138 valence electrons. The maximum Gasteiger partial charge on any atom is 0.186 e. The van der Waals surface area contributed by atoms with E-state index in [0.29, 0.717) is 6.61 Å². The minimum absolute atomic E-state index is 0.0242. The van der Waals surface area contributed by atoms with Crippen LogP contribution in [0.15, 0.2) is 30.3 Å². The summed E-state index contributed by atoms with van der Waals surface area (Å²) in [7, 11) is 1.55. The first-order valence-corrected chi connectivity index (χ1v) is 9.02. The van der Waals surface area contributed by atoms with Crippen molar-refractivity contribution in [3.05, 3.63) is 35.9 Å². The Morgan fingerprint density at radius 1 is 1.20 bits per heavy atom. The number of carbonyl (C=O) groups is 1. The van der Waals surface area contributed by atoms with Crippen LogP contribution in [0.25, 0.3) is 0 Å². The van der Waals surface area contributed by atoms with E-state index < -0.39 is 30.8 Å². The van der Waals surface area contributed by atoms with Gasteiger partial charge in [0.1, 0.15) is 18.2 Å². The Balaban J connectivity index is 1.66. The van der Waals surface area contributed by atoms with Crippen LogP contribution in [0.4, 0.5) is 0 Å². The second-order valence-corrected chi connectivity index (χ2v) is 6.45. The minimum Gasteiger partial charge on any atom is -0.354 e. The molecule has 3 rings (SSSR count). The lowest BCUT2D eigenvalue weighted by Gasteiger charge is -2.43. The molecule has 0 aliphatic carbocycles. The minimum atomic E-state index is -0.644. The Morgan fingerprint density at radius 3 is 2.72 bits per heavy atom. The van der Waals surface area contributed by atoms with Crippen LogP contribution < -0.4 is 5.32 Å². The fourth-order valence-electron chi connectivity index (χ4n) is 3.26. The van der Waals surface area contributed by atoms with Crippen molar-refractivity contribution in [3.8, 4) is 0 Å². The normalized spacial score (nSPS) is 32.4. The second-order valence-electron chi connectivity index (χ2n) is 6.45. The fraction of sp³-hybridized carbons (Fsp3) is 0.632. The van der Waals surface area contributed by atoms with Gasteiger partial charge < -0.3 is 24.3 Å². The molecule has 6 heteroatoms. The summed E-state index contributed by atoms with van der Waals surface area (Å²) in [6.07, 6.45) is 1.03. The monoisotopic (exact) mass is 349 g/mol. The highest BCUT2D eigenvalue weighted by Crippen LogP contribution is 2.32. The average molecular weight is 349 g/mol. The van der Waals surface area contributed by atoms with E-state index in [2.05, 4.69) is 12.2 Å². The number of unbranched alkanes of at least 4 members (excludes halogenated alkanes) is 2. The summed E-state index contributed by atoms with van der Waals surface area (Å²) in [6.45, 7) is 3.21. The molecule has 0 unspecified atom stereocenters. The molecule has 6 nitrogen and oxygen atoms in total. The van der Waals surface area contributed by atoms with Crippen molar-refractivity contribution in [2.24, 2.45) is 0 Å². The SMILES string of the molecule is CCCCCN[C@@H]1C(=O)[C@@H]2O[C@H](c3ccccc3)OC[C@H]2O[C@@H]1OC. The van der Waals surface area contributed by atoms with Crippen molar-refractivity contribution in [1.29, 1.82) is 0 Å². The van der Waals surface area contributed by atoms with Crippen LogP contribution in [0, 0.1) is 0 Å². The van der Waals surface area contributed by atoms with Gasteiger partial charge >= 0.3 is 0 Å². The molecule has 2 aliphatic rings. The summed E-state index contributed by atoms with van der Waals surface area (Å²) >= 11 is 0. The summed E-state index contributed by atoms with van der Waals surface area (Å²) in [4.78, 5) is 13.0. The maximum atomic E-state index is 13.0. The van der Waals surface area contributed by atoms with Crippen molar-refractivity contribution in [2.45, 2.75) is 57.0 Å². The van der Waals surface area contributed by atoms with Crippen LogP contribution in [0.3, 0.4) is 0 Å². The van der Waals surface area contributed by atoms with Gasteiger partial charge in [0, 0.05) is 12.7 Å². The Labute approximate surface area is 148 Å². The zero-order valence-electron chi connectivity index (χ0n) is 14.9. The van der Waals surface area contributed by atoms with Crippen LogP contribution >= 0.6 is 0 Å². The Kier molecular flexibility index (Phi) is 6.56. The van der Waals surface area contributed by atoms with Crippen molar-refractivity contribution < 1.29 is 23.7 Å². The third-order valence-corrected chi connectivity index (χ3v) is 4.64. The van der Waals surface area contributed by atoms with Crippen LogP contribution in [-0.4, -0.2) is 50.6 Å². The van der Waals surface area contributed by atoms with Crippen LogP contribution in [0.2, 0.25) is 0 Å². The molecule has 5 atom stereocenters. The van der Waals surface area contributed by atoms with Gasteiger partial charge in [0.05, 0.1) is 6.61 Å². The van der Waals surface area contributed by atoms with E-state index in [1.807, 2.05) is 30.3 Å². The lowest BCUT2D eigenvalue weighted by Crippen LogP contribution is -2.63. The first-order chi connectivity index (χ1) is 12.2. The van der Waals surface area contributed by atoms with E-state index >= 15 is 0 Å². The lowest BCUT2D eigenvalue weighted by molar-refractivity contribution is -0.303. The van der Waals surface area contributed by atoms with Gasteiger partial charge in [0.2, 0.25) is 0 Å². The van der Waals surface area contributed by atoms with E-state index in [1.165, 1.54) is 0 Å². The van der Waals surface area contributed by atoms with Crippen LogP contribution in [0.1, 0.15) is 38.0 Å². The number of hydrogen-bond donors (Lipinski definition) is 1. The standard InChI is InChI=1S/C19H27NO5/c1-3-4-8-11-20-15-16(21)17-14(24-19(15)22-2)12-23-18(25-17)13-9-6-5-7-10-13/h5-7,9-10,14-15,17-20H,3-4,8,11-12H2,1-2H3/t14-,15-,17-,18-,19+/m1/s1. The molecule has 0 radical (unpaired) electrons. The zero-order chi connectivity index (χ0) is 17.6. The van der Waals surface area contributed by atoms with Crippen molar-refractivity contribution in [1.82, 2.24) is 5.32 Å². The number of carbonyl (C=O) groups excluding carboxylic acids is 1. The quantitative estimate of drug-likeness (QED) is 0.761. The van der Waals surface area contributed by atoms with Gasteiger partial charge in [-0.25, -0.2) is 0 Å². The predicted molar refractivity (Wildman–Crippen MR) is 92.0 cm³/mol. The topological polar surface area (TPSA) is 66.0 Å². The number of Topliss-reactive ketones (excluding diaryl/α,β-unsaturated/α-hetero) is 1. The van der Waals surface area contributed by atoms with Gasteiger partial charge in [-0.2, -0.15) is 0 Å². The van der Waals surface area contributed by atoms with Crippen LogP contribution in [-0.2, 0) is 23.7 Å². The fourth-order valence-corrected chi connectivity index (χ4v) is 3.26. The molecule has 1 aromatic rings. The average Bonchev–Trinajstić information content (AvgIpc) is 2.67. The van der Waals surface area contributed by atoms with Gasteiger partial charge in [-0.1, -0.05) is 50.1 Å². The highest BCUT2D eigenvalue weighted by atomic mass is 16.7. The smallest absolute Gasteiger partial charge is 0.186 e. The number of methoxy groups -OCH3 is 1. The Hall–Kier alpha value is -1.31. The van der Waals surface area contributed by atoms with Crippen molar-refractivity contribution in [3.63, 3.8) is 0 Å². The zero-order valence-corrected chi connectivity index (χ0v) is 14.9. The van der Waals surface area contributed by atoms with Gasteiger partial charge in [0.25, 0.3) is 0 Å². The summed E-state index contributed by atoms with van der Waals surface area (Å²) < 4.78 is 23.0. The molecule has 0 amide bonds. The summed E-state index contributed by atoms with van der Waals surface area (Å²) in [6, 6.07) is 9.12. The number of ether oxygens (including phenoxy) is 4. The molecular formula is C19H27NO5. The van der Waals surface area contributed by atoms with E-state index in [4.69, 9.17) is 18.9 Å². The van der Waals surface area contributed by atoms with Gasteiger partial charge in [0.15, 0.2) is 18.4 Å².